The summed E-state index contributed by atoms with van der Waals surface area (Å²) in [4.78, 5) is 72.1. The van der Waals surface area contributed by atoms with Crippen molar-refractivity contribution in [3.63, 3.8) is 0 Å². The van der Waals surface area contributed by atoms with E-state index in [2.05, 4.69) is 5.43 Å². The molecule has 0 spiro atoms. The average molecular weight is 819 g/mol. The van der Waals surface area contributed by atoms with Crippen LogP contribution in [-0.2, 0) is 24.6 Å². The summed E-state index contributed by atoms with van der Waals surface area (Å²) in [5.74, 6) is -8.76. The molecule has 14 heteroatoms. The lowest BCUT2D eigenvalue weighted by molar-refractivity contribution is -0.138. The number of rotatable bonds is 7. The van der Waals surface area contributed by atoms with Crippen LogP contribution < -0.4 is 15.1 Å². The molecule has 3 fully saturated rings. The first-order valence-corrected chi connectivity index (χ1v) is 19.2. The predicted octanol–water partition coefficient (Wildman–Crippen LogP) is 7.45. The van der Waals surface area contributed by atoms with Gasteiger partial charge in [0, 0.05) is 28.0 Å². The van der Waals surface area contributed by atoms with Crippen molar-refractivity contribution >= 4 is 74.9 Å². The summed E-state index contributed by atoms with van der Waals surface area (Å²) in [5, 5.41) is 34.9. The second-order valence-corrected chi connectivity index (χ2v) is 15.8. The number of anilines is 2. The molecular weight excluding hydrogens is 785 g/mol. The Hall–Kier alpha value is -6.37. The Balaban J connectivity index is 1.25. The summed E-state index contributed by atoms with van der Waals surface area (Å²) in [5.41, 5.74) is 2.53. The van der Waals surface area contributed by atoms with Gasteiger partial charge in [-0.2, -0.15) is 5.01 Å². The van der Waals surface area contributed by atoms with Gasteiger partial charge < -0.3 is 20.1 Å². The van der Waals surface area contributed by atoms with Gasteiger partial charge >= 0.3 is 5.97 Å². The van der Waals surface area contributed by atoms with E-state index in [-0.39, 0.29) is 35.0 Å². The maximum absolute atomic E-state index is 15.6. The average Bonchev–Trinajstić information content (AvgIpc) is 3.59. The number of imide groups is 2. The number of carboxylic acid groups (broad SMARTS) is 1. The molecule has 2 saturated heterocycles. The Morgan fingerprint density at radius 3 is 2.33 bits per heavy atom. The fourth-order valence-electron chi connectivity index (χ4n) is 9.79. The predicted molar refractivity (Wildman–Crippen MR) is 214 cm³/mol. The van der Waals surface area contributed by atoms with Gasteiger partial charge in [-0.25, -0.2) is 9.69 Å². The number of amides is 4. The lowest BCUT2D eigenvalue weighted by Crippen LogP contribution is -2.53. The first kappa shape index (κ1) is 37.2. The Morgan fingerprint density at radius 1 is 0.862 bits per heavy atom. The van der Waals surface area contributed by atoms with Gasteiger partial charge in [-0.05, 0) is 72.2 Å². The number of hydrogen-bond acceptors (Lipinski definition) is 9. The first-order chi connectivity index (χ1) is 27.9. The van der Waals surface area contributed by atoms with E-state index in [0.29, 0.717) is 32.9 Å². The van der Waals surface area contributed by atoms with Crippen LogP contribution in [0.2, 0.25) is 10.0 Å². The van der Waals surface area contributed by atoms with Crippen LogP contribution >= 0.6 is 23.2 Å². The fourth-order valence-corrected chi connectivity index (χ4v) is 10.2. The zero-order valence-corrected chi connectivity index (χ0v) is 32.1. The number of carbonyl (C=O) groups excluding carboxylic acids is 4. The number of benzene rings is 5. The van der Waals surface area contributed by atoms with Gasteiger partial charge in [0.15, 0.2) is 0 Å². The summed E-state index contributed by atoms with van der Waals surface area (Å²) in [6.45, 7) is 0. The molecule has 4 aliphatic rings. The number of aromatic carboxylic acids is 1. The molecule has 12 nitrogen and oxygen atoms in total. The standard InChI is InChI=1S/C44H33Cl2N3O9/c1-58-25-11-7-22(8-12-25)44-32(40(53)49(43(44)57)47-34-17-9-23(45)18-33(34)46)20-31-27(37(44)30-13-6-21-4-2-3-5-26(21)38(30)51)15-16-29-36(31)41(54)48(39(29)52)24-10-14-28(42(55)56)35(50)19-24/h2-15,17-19,29,31-32,36-37,47,50-51H,16,20H2,1H3,(H,55,56). The van der Waals surface area contributed by atoms with Crippen LogP contribution in [0.5, 0.6) is 17.2 Å². The third-order valence-electron chi connectivity index (χ3n) is 12.3. The van der Waals surface area contributed by atoms with Crippen molar-refractivity contribution < 1.29 is 44.0 Å². The van der Waals surface area contributed by atoms with Crippen LogP contribution in [0.4, 0.5) is 11.4 Å². The minimum absolute atomic E-state index is 0.00269. The monoisotopic (exact) mass is 817 g/mol. The molecule has 6 unspecified atom stereocenters. The number of phenolic OH excluding ortho intramolecular Hbond substituents is 1. The van der Waals surface area contributed by atoms with Crippen LogP contribution in [0.3, 0.4) is 0 Å². The SMILES string of the molecule is COc1ccc(C23C(=O)N(Nc4ccc(Cl)cc4Cl)C(=O)C2CC2C(=CCC4C(=O)N(c5ccc(C(=O)O)c(O)c5)C(=O)C42)C3c2ccc3ccccc3c2O)cc1. The fraction of sp³-hybridized carbons (Fsp3) is 0.205. The number of hydrogen-bond donors (Lipinski definition) is 4. The van der Waals surface area contributed by atoms with Gasteiger partial charge in [0.05, 0.1) is 46.7 Å². The van der Waals surface area contributed by atoms with Crippen molar-refractivity contribution in [1.82, 2.24) is 5.01 Å². The minimum Gasteiger partial charge on any atom is -0.507 e. The van der Waals surface area contributed by atoms with Gasteiger partial charge in [0.25, 0.3) is 11.8 Å². The lowest BCUT2D eigenvalue weighted by atomic mass is 9.49. The van der Waals surface area contributed by atoms with Crippen LogP contribution in [0.25, 0.3) is 10.8 Å². The van der Waals surface area contributed by atoms with E-state index in [1.807, 2.05) is 24.3 Å². The van der Waals surface area contributed by atoms with E-state index in [4.69, 9.17) is 27.9 Å². The zero-order valence-electron chi connectivity index (χ0n) is 30.6. The molecule has 6 atom stereocenters. The van der Waals surface area contributed by atoms with Gasteiger partial charge in [0.2, 0.25) is 11.8 Å². The number of phenols is 2. The molecule has 2 heterocycles. The molecule has 4 amide bonds. The number of nitrogens with one attached hydrogen (secondary N) is 1. The molecule has 4 N–H and O–H groups in total. The van der Waals surface area contributed by atoms with Crippen LogP contribution in [0, 0.1) is 23.7 Å². The third kappa shape index (κ3) is 5.31. The quantitative estimate of drug-likeness (QED) is 0.0954. The third-order valence-corrected chi connectivity index (χ3v) is 12.8. The van der Waals surface area contributed by atoms with E-state index in [1.54, 1.807) is 54.6 Å². The molecule has 0 aromatic heterocycles. The summed E-state index contributed by atoms with van der Waals surface area (Å²) in [6.07, 6.45) is 1.92. The highest BCUT2D eigenvalue weighted by Gasteiger charge is 2.70. The molecule has 5 aromatic carbocycles. The van der Waals surface area contributed by atoms with E-state index in [9.17, 15) is 29.7 Å². The van der Waals surface area contributed by atoms with Gasteiger partial charge in [0.1, 0.15) is 22.8 Å². The molecule has 292 valence electrons. The Morgan fingerprint density at radius 2 is 1.62 bits per heavy atom. The molecule has 0 radical (unpaired) electrons. The normalized spacial score (nSPS) is 25.0. The molecule has 58 heavy (non-hydrogen) atoms. The van der Waals surface area contributed by atoms with E-state index >= 15 is 9.59 Å². The molecule has 5 aromatic rings. The second-order valence-electron chi connectivity index (χ2n) is 15.0. The number of nitrogens with zero attached hydrogens (tertiary/aromatic N) is 2. The molecular formula is C44H33Cl2N3O9. The maximum Gasteiger partial charge on any atom is 0.339 e. The number of allylic oxidation sites excluding steroid dienone is 2. The Kier molecular flexibility index (Phi) is 8.75. The Bertz CT molecular complexity index is 2670. The van der Waals surface area contributed by atoms with Crippen LogP contribution in [0.15, 0.2) is 109 Å². The molecule has 0 bridgehead atoms. The number of carboxylic acids is 1. The number of carbonyl (C=O) groups is 5. The first-order valence-electron chi connectivity index (χ1n) is 18.5. The van der Waals surface area contributed by atoms with E-state index in [0.717, 1.165) is 27.4 Å². The summed E-state index contributed by atoms with van der Waals surface area (Å²) >= 11 is 12.7. The Labute approximate surface area is 340 Å². The number of methoxy groups -OCH3 is 1. The number of aromatic hydroxyl groups is 2. The van der Waals surface area contributed by atoms with Crippen molar-refractivity contribution in [3.8, 4) is 17.2 Å². The summed E-state index contributed by atoms with van der Waals surface area (Å²) in [6, 6.07) is 25.7. The van der Waals surface area contributed by atoms with Gasteiger partial charge in [-0.1, -0.05) is 83.4 Å². The molecule has 9 rings (SSSR count). The van der Waals surface area contributed by atoms with Crippen molar-refractivity contribution in [2.24, 2.45) is 23.7 Å². The molecule has 2 aliphatic carbocycles. The highest BCUT2D eigenvalue weighted by atomic mass is 35.5. The summed E-state index contributed by atoms with van der Waals surface area (Å²) in [7, 11) is 1.51. The zero-order chi connectivity index (χ0) is 40.8. The second kappa shape index (κ2) is 13.6. The van der Waals surface area contributed by atoms with Crippen molar-refractivity contribution in [3.05, 3.63) is 135 Å². The lowest BCUT2D eigenvalue weighted by Gasteiger charge is -2.50. The van der Waals surface area contributed by atoms with Gasteiger partial charge in [-0.15, -0.1) is 0 Å². The number of hydrazine groups is 1. The minimum atomic E-state index is -1.70. The highest BCUT2D eigenvalue weighted by molar-refractivity contribution is 6.36. The van der Waals surface area contributed by atoms with Crippen molar-refractivity contribution in [2.45, 2.75) is 24.2 Å². The number of ether oxygens (including phenoxy) is 1. The smallest absolute Gasteiger partial charge is 0.339 e. The van der Waals surface area contributed by atoms with Crippen molar-refractivity contribution in [2.75, 3.05) is 17.4 Å². The summed E-state index contributed by atoms with van der Waals surface area (Å²) < 4.78 is 5.47. The topological polar surface area (TPSA) is 174 Å². The highest BCUT2D eigenvalue weighted by Crippen LogP contribution is 2.65. The van der Waals surface area contributed by atoms with E-state index < -0.39 is 75.9 Å². The molecule has 2 aliphatic heterocycles. The molecule has 1 saturated carbocycles. The van der Waals surface area contributed by atoms with Gasteiger partial charge in [-0.3, -0.25) is 24.6 Å². The van der Waals surface area contributed by atoms with Crippen LogP contribution in [0.1, 0.15) is 40.2 Å². The van der Waals surface area contributed by atoms with E-state index in [1.165, 1.54) is 19.2 Å². The number of fused-ring (bicyclic) bond motifs is 5. The maximum atomic E-state index is 15.6. The largest absolute Gasteiger partial charge is 0.507 e. The van der Waals surface area contributed by atoms with Crippen molar-refractivity contribution in [1.29, 1.82) is 0 Å². The van der Waals surface area contributed by atoms with Crippen LogP contribution in [-0.4, -0.2) is 57.0 Å². The number of halogens is 2.